The number of hydrogen-bond donors (Lipinski definition) is 2. The zero-order chi connectivity index (χ0) is 12.8. The monoisotopic (exact) mass is 302 g/mol. The van der Waals surface area contributed by atoms with Gasteiger partial charge in [0, 0.05) is 32.0 Å². The second-order valence-electron chi connectivity index (χ2n) is 3.30. The van der Waals surface area contributed by atoms with Crippen molar-refractivity contribution in [2.24, 2.45) is 0 Å². The van der Waals surface area contributed by atoms with Crippen molar-refractivity contribution in [1.29, 1.82) is 0 Å². The van der Waals surface area contributed by atoms with Gasteiger partial charge in [-0.3, -0.25) is 0 Å². The largest absolute Gasteiger partial charge is 0.363 e. The predicted octanol–water partition coefficient (Wildman–Crippen LogP) is 1.95. The maximum absolute atomic E-state index is 4.11. The van der Waals surface area contributed by atoms with Crippen molar-refractivity contribution < 1.29 is 0 Å². The fourth-order valence-electron chi connectivity index (χ4n) is 1.19. The van der Waals surface area contributed by atoms with Crippen molar-refractivity contribution in [3.8, 4) is 0 Å². The first kappa shape index (κ1) is 13.5. The lowest BCUT2D eigenvalue weighted by Crippen LogP contribution is -1.89. The Hall–Kier alpha value is -0.930. The van der Waals surface area contributed by atoms with Crippen molar-refractivity contribution in [3.63, 3.8) is 0 Å². The van der Waals surface area contributed by atoms with Crippen molar-refractivity contribution in [3.05, 3.63) is 10.0 Å². The first-order chi connectivity index (χ1) is 8.81. The Morgan fingerprint density at radius 1 is 0.944 bits per heavy atom. The first-order valence-corrected chi connectivity index (χ1v) is 8.18. The van der Waals surface area contributed by atoms with Crippen molar-refractivity contribution >= 4 is 44.7 Å². The summed E-state index contributed by atoms with van der Waals surface area (Å²) in [6.07, 6.45) is 0.946. The van der Waals surface area contributed by atoms with Crippen LogP contribution >= 0.6 is 34.4 Å². The van der Waals surface area contributed by atoms with Crippen LogP contribution in [-0.2, 0) is 12.2 Å². The van der Waals surface area contributed by atoms with Gasteiger partial charge in [-0.1, -0.05) is 22.7 Å². The summed E-state index contributed by atoms with van der Waals surface area (Å²) >= 11 is 5.04. The van der Waals surface area contributed by atoms with Gasteiger partial charge < -0.3 is 10.6 Å². The van der Waals surface area contributed by atoms with E-state index in [0.29, 0.717) is 0 Å². The molecule has 0 aromatic carbocycles. The van der Waals surface area contributed by atoms with Crippen molar-refractivity contribution in [2.45, 2.75) is 12.2 Å². The van der Waals surface area contributed by atoms with E-state index in [9.17, 15) is 0 Å². The molecule has 0 saturated carbocycles. The summed E-state index contributed by atoms with van der Waals surface area (Å²) in [6, 6.07) is 0. The lowest BCUT2D eigenvalue weighted by atomic mass is 10.5. The molecular weight excluding hydrogens is 288 g/mol. The van der Waals surface area contributed by atoms with Crippen molar-refractivity contribution in [1.82, 2.24) is 20.4 Å². The van der Waals surface area contributed by atoms with Crippen LogP contribution in [0.15, 0.2) is 0 Å². The molecule has 2 N–H and O–H groups in total. The molecule has 2 aromatic heterocycles. The van der Waals surface area contributed by atoms with Crippen LogP contribution in [0.5, 0.6) is 0 Å². The Labute approximate surface area is 118 Å². The molecule has 0 aliphatic heterocycles. The van der Waals surface area contributed by atoms with Crippen LogP contribution in [0.3, 0.4) is 0 Å². The SMILES string of the molecule is CNc1nnc(CCSCc2nnc(NC)s2)s1. The standard InChI is InChI=1S/C9H14N6S3/c1-10-8-14-12-6(17-8)3-4-16-5-7-13-15-9(11-2)18-7/h3-5H2,1-2H3,(H,10,14)(H,11,15). The number of nitrogens with zero attached hydrogens (tertiary/aromatic N) is 4. The highest BCUT2D eigenvalue weighted by Crippen LogP contribution is 2.21. The van der Waals surface area contributed by atoms with E-state index in [1.165, 1.54) is 0 Å². The molecule has 0 atom stereocenters. The molecule has 2 rings (SSSR count). The van der Waals surface area contributed by atoms with Gasteiger partial charge in [-0.05, 0) is 0 Å². The lowest BCUT2D eigenvalue weighted by molar-refractivity contribution is 0.988. The van der Waals surface area contributed by atoms with Gasteiger partial charge in [-0.2, -0.15) is 11.8 Å². The second kappa shape index (κ2) is 6.86. The molecule has 98 valence electrons. The molecule has 0 radical (unpaired) electrons. The quantitative estimate of drug-likeness (QED) is 0.757. The zero-order valence-electron chi connectivity index (χ0n) is 10.1. The molecule has 0 saturated heterocycles. The molecule has 0 spiro atoms. The smallest absolute Gasteiger partial charge is 0.205 e. The van der Waals surface area contributed by atoms with Gasteiger partial charge in [-0.25, -0.2) is 0 Å². The van der Waals surface area contributed by atoms with Gasteiger partial charge >= 0.3 is 0 Å². The molecule has 2 heterocycles. The predicted molar refractivity (Wildman–Crippen MR) is 78.8 cm³/mol. The molecule has 2 aromatic rings. The molecular formula is C9H14N6S3. The number of aromatic nitrogens is 4. The minimum atomic E-state index is 0.869. The summed E-state index contributed by atoms with van der Waals surface area (Å²) in [7, 11) is 3.71. The second-order valence-corrected chi connectivity index (χ2v) is 6.53. The van der Waals surface area contributed by atoms with Crippen LogP contribution < -0.4 is 10.6 Å². The Balaban J connectivity index is 1.69. The van der Waals surface area contributed by atoms with Crippen LogP contribution in [0.2, 0.25) is 0 Å². The first-order valence-electron chi connectivity index (χ1n) is 5.40. The number of thioether (sulfide) groups is 1. The molecule has 6 nitrogen and oxygen atoms in total. The van der Waals surface area contributed by atoms with Crippen LogP contribution in [0.4, 0.5) is 10.3 Å². The average Bonchev–Trinajstić information content (AvgIpc) is 3.03. The number of rotatable bonds is 7. The fourth-order valence-corrected chi connectivity index (χ4v) is 3.70. The Kier molecular flexibility index (Phi) is 5.14. The highest BCUT2D eigenvalue weighted by molar-refractivity contribution is 7.98. The van der Waals surface area contributed by atoms with E-state index >= 15 is 0 Å². The number of nitrogens with one attached hydrogen (secondary N) is 2. The molecule has 0 aliphatic carbocycles. The molecule has 0 aliphatic rings. The summed E-state index contributed by atoms with van der Waals surface area (Å²) in [4.78, 5) is 0. The molecule has 0 unspecified atom stereocenters. The van der Waals surface area contributed by atoms with Crippen LogP contribution in [0, 0.1) is 0 Å². The van der Waals surface area contributed by atoms with Crippen LogP contribution in [0.1, 0.15) is 10.0 Å². The third kappa shape index (κ3) is 3.79. The summed E-state index contributed by atoms with van der Waals surface area (Å²) in [5, 5.41) is 26.0. The Morgan fingerprint density at radius 2 is 1.56 bits per heavy atom. The van der Waals surface area contributed by atoms with Gasteiger partial charge in [0.1, 0.15) is 10.0 Å². The number of aryl methyl sites for hydroxylation is 1. The Bertz CT molecular complexity index is 438. The fraction of sp³-hybridized carbons (Fsp3) is 0.556. The maximum Gasteiger partial charge on any atom is 0.205 e. The van der Waals surface area contributed by atoms with Gasteiger partial charge in [0.2, 0.25) is 10.3 Å². The minimum Gasteiger partial charge on any atom is -0.363 e. The van der Waals surface area contributed by atoms with Gasteiger partial charge in [0.15, 0.2) is 0 Å². The van der Waals surface area contributed by atoms with E-state index in [0.717, 1.165) is 38.2 Å². The molecule has 9 heteroatoms. The van der Waals surface area contributed by atoms with Crippen molar-refractivity contribution in [2.75, 3.05) is 30.5 Å². The van der Waals surface area contributed by atoms with E-state index in [2.05, 4.69) is 31.0 Å². The van der Waals surface area contributed by atoms with Crippen LogP contribution in [0.25, 0.3) is 0 Å². The molecule has 0 fully saturated rings. The third-order valence-corrected chi connectivity index (χ3v) is 5.14. The van der Waals surface area contributed by atoms with Gasteiger partial charge in [0.25, 0.3) is 0 Å². The zero-order valence-corrected chi connectivity index (χ0v) is 12.6. The molecule has 0 amide bonds. The van der Waals surface area contributed by atoms with E-state index in [4.69, 9.17) is 0 Å². The summed E-state index contributed by atoms with van der Waals surface area (Å²) in [6.45, 7) is 0. The normalized spacial score (nSPS) is 10.6. The molecule has 0 bridgehead atoms. The van der Waals surface area contributed by atoms with E-state index < -0.39 is 0 Å². The van der Waals surface area contributed by atoms with Crippen LogP contribution in [-0.4, -0.2) is 40.2 Å². The average molecular weight is 302 g/mol. The number of anilines is 2. The van der Waals surface area contributed by atoms with E-state index in [-0.39, 0.29) is 0 Å². The molecule has 18 heavy (non-hydrogen) atoms. The number of hydrogen-bond acceptors (Lipinski definition) is 9. The highest BCUT2D eigenvalue weighted by Gasteiger charge is 2.04. The van der Waals surface area contributed by atoms with E-state index in [1.54, 1.807) is 22.7 Å². The lowest BCUT2D eigenvalue weighted by Gasteiger charge is -1.95. The minimum absolute atomic E-state index is 0.869. The summed E-state index contributed by atoms with van der Waals surface area (Å²) in [5.74, 6) is 1.92. The highest BCUT2D eigenvalue weighted by atomic mass is 32.2. The Morgan fingerprint density at radius 3 is 2.17 bits per heavy atom. The summed E-state index contributed by atoms with van der Waals surface area (Å²) < 4.78 is 0. The topological polar surface area (TPSA) is 75.6 Å². The van der Waals surface area contributed by atoms with E-state index in [1.807, 2.05) is 25.9 Å². The third-order valence-electron chi connectivity index (χ3n) is 2.05. The van der Waals surface area contributed by atoms with Gasteiger partial charge in [0.05, 0.1) is 0 Å². The maximum atomic E-state index is 4.11. The van der Waals surface area contributed by atoms with Gasteiger partial charge in [-0.15, -0.1) is 20.4 Å². The summed E-state index contributed by atoms with van der Waals surface area (Å²) in [5.41, 5.74) is 0.